The van der Waals surface area contributed by atoms with Gasteiger partial charge in [-0.25, -0.2) is 0 Å². The van der Waals surface area contributed by atoms with Gasteiger partial charge in [0.1, 0.15) is 3.74 Å². The lowest BCUT2D eigenvalue weighted by molar-refractivity contribution is 1.20. The third-order valence-corrected chi connectivity index (χ3v) is 3.97. The van der Waals surface area contributed by atoms with Crippen molar-refractivity contribution in [2.45, 2.75) is 3.74 Å². The molecule has 0 saturated carbocycles. The highest BCUT2D eigenvalue weighted by Crippen LogP contribution is 2.34. The fourth-order valence-corrected chi connectivity index (χ4v) is 2.62. The first-order chi connectivity index (χ1) is 9.25. The molecule has 1 heterocycles. The summed E-state index contributed by atoms with van der Waals surface area (Å²) in [5, 5.41) is 2.38. The van der Waals surface area contributed by atoms with E-state index in [1.807, 2.05) is 18.2 Å². The Labute approximate surface area is 128 Å². The van der Waals surface area contributed by atoms with Gasteiger partial charge in [0.2, 0.25) is 0 Å². The van der Waals surface area contributed by atoms with Crippen molar-refractivity contribution in [3.8, 4) is 11.3 Å². The lowest BCUT2D eigenvalue weighted by Crippen LogP contribution is -1.93. The maximum atomic E-state index is 4.78. The zero-order valence-electron chi connectivity index (χ0n) is 10.1. The number of fused-ring (bicyclic) bond motifs is 1. The van der Waals surface area contributed by atoms with Crippen LogP contribution in [-0.2, 0) is 0 Å². The van der Waals surface area contributed by atoms with Gasteiger partial charge in [-0.1, -0.05) is 86.5 Å². The third kappa shape index (κ3) is 2.58. The van der Waals surface area contributed by atoms with Gasteiger partial charge in [-0.15, -0.1) is 0 Å². The maximum absolute atomic E-state index is 4.78. The van der Waals surface area contributed by atoms with Gasteiger partial charge in [-0.05, 0) is 11.5 Å². The smallest absolute Gasteiger partial charge is 0.112 e. The Morgan fingerprint density at radius 1 is 0.842 bits per heavy atom. The van der Waals surface area contributed by atoms with E-state index in [1.54, 1.807) is 0 Å². The van der Waals surface area contributed by atoms with E-state index in [1.165, 1.54) is 10.8 Å². The Hall–Kier alpha value is -1.19. The van der Waals surface area contributed by atoms with Crippen molar-refractivity contribution >= 4 is 42.6 Å². The molecule has 0 radical (unpaired) electrons. The normalized spacial score (nSPS) is 11.1. The van der Waals surface area contributed by atoms with Gasteiger partial charge in [-0.2, -0.15) is 0 Å². The molecule has 1 aromatic heterocycles. The number of aromatic nitrogens is 1. The van der Waals surface area contributed by atoms with Crippen LogP contribution in [0.2, 0.25) is 0 Å². The topological polar surface area (TPSA) is 12.9 Å². The molecule has 0 amide bonds. The monoisotopic (exact) mass is 375 g/mol. The van der Waals surface area contributed by atoms with Crippen molar-refractivity contribution in [3.63, 3.8) is 0 Å². The summed E-state index contributed by atoms with van der Waals surface area (Å²) in [6.45, 7) is 0. The first-order valence-corrected chi connectivity index (χ1v) is 7.82. The SMILES string of the molecule is BrC(Br)c1cc2ccccc2c(-c2ccccc2)n1. The van der Waals surface area contributed by atoms with Crippen LogP contribution in [0.5, 0.6) is 0 Å². The first kappa shape index (κ1) is 12.8. The van der Waals surface area contributed by atoms with Gasteiger partial charge < -0.3 is 0 Å². The molecule has 0 atom stereocenters. The van der Waals surface area contributed by atoms with Crippen molar-refractivity contribution in [1.82, 2.24) is 4.98 Å². The summed E-state index contributed by atoms with van der Waals surface area (Å²) in [5.41, 5.74) is 3.15. The molecule has 94 valence electrons. The van der Waals surface area contributed by atoms with E-state index >= 15 is 0 Å². The number of pyridine rings is 1. The zero-order valence-corrected chi connectivity index (χ0v) is 13.2. The summed E-state index contributed by atoms with van der Waals surface area (Å²) in [6.07, 6.45) is 0. The van der Waals surface area contributed by atoms with Crippen LogP contribution in [-0.4, -0.2) is 4.98 Å². The number of nitrogens with zero attached hydrogens (tertiary/aromatic N) is 1. The van der Waals surface area contributed by atoms with E-state index in [-0.39, 0.29) is 3.74 Å². The Balaban J connectivity index is 2.33. The molecular formula is C16H11Br2N. The molecule has 0 spiro atoms. The third-order valence-electron chi connectivity index (χ3n) is 3.03. The van der Waals surface area contributed by atoms with Crippen LogP contribution >= 0.6 is 31.9 Å². The molecule has 3 rings (SSSR count). The minimum Gasteiger partial charge on any atom is -0.250 e. The van der Waals surface area contributed by atoms with Gasteiger partial charge >= 0.3 is 0 Å². The van der Waals surface area contributed by atoms with E-state index in [0.717, 1.165) is 17.0 Å². The zero-order chi connectivity index (χ0) is 13.2. The van der Waals surface area contributed by atoms with Crippen molar-refractivity contribution in [2.24, 2.45) is 0 Å². The van der Waals surface area contributed by atoms with Gasteiger partial charge in [0.15, 0.2) is 0 Å². The largest absolute Gasteiger partial charge is 0.250 e. The summed E-state index contributed by atoms with van der Waals surface area (Å²) in [7, 11) is 0. The van der Waals surface area contributed by atoms with Crippen LogP contribution in [0.1, 0.15) is 9.43 Å². The summed E-state index contributed by atoms with van der Waals surface area (Å²) in [6, 6.07) is 20.7. The molecule has 3 heteroatoms. The quantitative estimate of drug-likeness (QED) is 0.523. The summed E-state index contributed by atoms with van der Waals surface area (Å²) < 4.78 is 0.0621. The van der Waals surface area contributed by atoms with E-state index < -0.39 is 0 Å². The molecule has 0 aliphatic carbocycles. The fourth-order valence-electron chi connectivity index (χ4n) is 2.15. The highest BCUT2D eigenvalue weighted by atomic mass is 79.9. The molecule has 0 aliphatic rings. The summed E-state index contributed by atoms with van der Waals surface area (Å²) in [4.78, 5) is 4.78. The maximum Gasteiger partial charge on any atom is 0.112 e. The predicted molar refractivity (Wildman–Crippen MR) is 87.8 cm³/mol. The number of benzene rings is 2. The van der Waals surface area contributed by atoms with Crippen LogP contribution in [0.25, 0.3) is 22.0 Å². The predicted octanol–water partition coefficient (Wildman–Crippen LogP) is 5.69. The molecule has 0 aliphatic heterocycles. The lowest BCUT2D eigenvalue weighted by Gasteiger charge is -2.10. The molecule has 3 aromatic rings. The van der Waals surface area contributed by atoms with Crippen LogP contribution in [0, 0.1) is 0 Å². The highest BCUT2D eigenvalue weighted by Gasteiger charge is 2.11. The van der Waals surface area contributed by atoms with Crippen LogP contribution in [0.3, 0.4) is 0 Å². The van der Waals surface area contributed by atoms with Gasteiger partial charge in [0.25, 0.3) is 0 Å². The van der Waals surface area contributed by atoms with Crippen LogP contribution < -0.4 is 0 Å². The minimum atomic E-state index is 0.0621. The molecule has 0 fully saturated rings. The van der Waals surface area contributed by atoms with Crippen molar-refractivity contribution < 1.29 is 0 Å². The number of hydrogen-bond donors (Lipinski definition) is 0. The van der Waals surface area contributed by atoms with E-state index in [4.69, 9.17) is 4.98 Å². The Morgan fingerprint density at radius 3 is 2.26 bits per heavy atom. The molecular weight excluding hydrogens is 366 g/mol. The van der Waals surface area contributed by atoms with Crippen molar-refractivity contribution in [3.05, 3.63) is 66.4 Å². The van der Waals surface area contributed by atoms with Gasteiger partial charge in [-0.3, -0.25) is 4.98 Å². The van der Waals surface area contributed by atoms with Gasteiger partial charge in [0.05, 0.1) is 11.4 Å². The van der Waals surface area contributed by atoms with Crippen LogP contribution in [0.4, 0.5) is 0 Å². The van der Waals surface area contributed by atoms with Crippen LogP contribution in [0.15, 0.2) is 60.7 Å². The standard InChI is InChI=1S/C16H11Br2N/c17-16(18)14-10-12-8-4-5-9-13(12)15(19-14)11-6-2-1-3-7-11/h1-10,16H. The summed E-state index contributed by atoms with van der Waals surface area (Å²) in [5.74, 6) is 0. The number of alkyl halides is 2. The average molecular weight is 377 g/mol. The average Bonchev–Trinajstić information content (AvgIpc) is 2.47. The number of halogens is 2. The second-order valence-corrected chi connectivity index (χ2v) is 7.34. The highest BCUT2D eigenvalue weighted by molar-refractivity contribution is 9.24. The fraction of sp³-hybridized carbons (Fsp3) is 0.0625. The molecule has 0 bridgehead atoms. The second kappa shape index (κ2) is 5.43. The molecule has 1 nitrogen and oxygen atoms in total. The minimum absolute atomic E-state index is 0.0621. The Kier molecular flexibility index (Phi) is 3.67. The molecule has 19 heavy (non-hydrogen) atoms. The van der Waals surface area contributed by atoms with E-state index in [9.17, 15) is 0 Å². The molecule has 0 saturated heterocycles. The van der Waals surface area contributed by atoms with Crippen molar-refractivity contribution in [1.29, 1.82) is 0 Å². The first-order valence-electron chi connectivity index (χ1n) is 5.99. The molecule has 0 unspecified atom stereocenters. The number of rotatable bonds is 2. The Bertz CT molecular complexity index is 708. The van der Waals surface area contributed by atoms with Crippen molar-refractivity contribution in [2.75, 3.05) is 0 Å². The van der Waals surface area contributed by atoms with E-state index in [2.05, 4.69) is 74.3 Å². The Morgan fingerprint density at radius 2 is 1.53 bits per heavy atom. The second-order valence-electron chi connectivity index (χ2n) is 4.28. The van der Waals surface area contributed by atoms with E-state index in [0.29, 0.717) is 0 Å². The number of hydrogen-bond acceptors (Lipinski definition) is 1. The lowest BCUT2D eigenvalue weighted by atomic mass is 10.0. The molecule has 0 N–H and O–H groups in total. The molecule has 2 aromatic carbocycles. The summed E-state index contributed by atoms with van der Waals surface area (Å²) >= 11 is 7.06. The van der Waals surface area contributed by atoms with Gasteiger partial charge in [0, 0.05) is 10.9 Å².